The fourth-order valence-electron chi connectivity index (χ4n) is 2.08. The molecular formula is C16H24N2O3. The first-order valence-electron chi connectivity index (χ1n) is 7.52. The Morgan fingerprint density at radius 1 is 1.43 bits per heavy atom. The summed E-state index contributed by atoms with van der Waals surface area (Å²) in [7, 11) is 0. The third-order valence-electron chi connectivity index (χ3n) is 3.29. The van der Waals surface area contributed by atoms with E-state index in [9.17, 15) is 4.79 Å². The number of aliphatic hydroxyl groups excluding tert-OH is 1. The number of carbonyl (C=O) groups is 1. The third kappa shape index (κ3) is 4.63. The first-order chi connectivity index (χ1) is 10.1. The van der Waals surface area contributed by atoms with Crippen molar-refractivity contribution >= 4 is 11.7 Å². The Labute approximate surface area is 125 Å². The van der Waals surface area contributed by atoms with Crippen LogP contribution in [0.2, 0.25) is 0 Å². The zero-order chi connectivity index (χ0) is 15.2. The Kier molecular flexibility index (Phi) is 5.44. The number of carbonyl (C=O) groups excluding carboxylic acids is 1. The highest BCUT2D eigenvalue weighted by Crippen LogP contribution is 2.29. The second-order valence-electron chi connectivity index (χ2n) is 5.78. The van der Waals surface area contributed by atoms with E-state index in [0.29, 0.717) is 30.5 Å². The van der Waals surface area contributed by atoms with Gasteiger partial charge in [-0.3, -0.25) is 0 Å². The van der Waals surface area contributed by atoms with Crippen molar-refractivity contribution in [3.05, 3.63) is 24.3 Å². The molecule has 1 fully saturated rings. The van der Waals surface area contributed by atoms with Crippen LogP contribution in [0.1, 0.15) is 26.7 Å². The lowest BCUT2D eigenvalue weighted by Crippen LogP contribution is -2.38. The van der Waals surface area contributed by atoms with Crippen LogP contribution in [0.3, 0.4) is 0 Å². The summed E-state index contributed by atoms with van der Waals surface area (Å²) < 4.78 is 5.73. The maximum absolute atomic E-state index is 12.3. The number of amides is 2. The third-order valence-corrected chi connectivity index (χ3v) is 3.29. The highest BCUT2D eigenvalue weighted by Gasteiger charge is 2.32. The second kappa shape index (κ2) is 7.31. The molecule has 0 spiro atoms. The average Bonchev–Trinajstić information content (AvgIpc) is 3.28. The second-order valence-corrected chi connectivity index (χ2v) is 5.78. The molecule has 0 saturated heterocycles. The van der Waals surface area contributed by atoms with Gasteiger partial charge in [-0.25, -0.2) is 4.79 Å². The summed E-state index contributed by atoms with van der Waals surface area (Å²) in [5, 5.41) is 12.0. The van der Waals surface area contributed by atoms with E-state index in [2.05, 4.69) is 19.2 Å². The van der Waals surface area contributed by atoms with Crippen LogP contribution in [-0.2, 0) is 0 Å². The van der Waals surface area contributed by atoms with Crippen LogP contribution in [0, 0.1) is 5.92 Å². The van der Waals surface area contributed by atoms with Gasteiger partial charge in [-0.15, -0.1) is 0 Å². The highest BCUT2D eigenvalue weighted by molar-refractivity contribution is 5.91. The van der Waals surface area contributed by atoms with Gasteiger partial charge in [0.1, 0.15) is 5.75 Å². The molecule has 1 saturated carbocycles. The Balaban J connectivity index is 2.02. The molecule has 0 aliphatic heterocycles. The van der Waals surface area contributed by atoms with E-state index in [1.54, 1.807) is 4.90 Å². The maximum atomic E-state index is 12.3. The summed E-state index contributed by atoms with van der Waals surface area (Å²) in [5.74, 6) is 1.10. The quantitative estimate of drug-likeness (QED) is 0.812. The summed E-state index contributed by atoms with van der Waals surface area (Å²) in [6.45, 7) is 5.12. The predicted octanol–water partition coefficient (Wildman–Crippen LogP) is 2.71. The summed E-state index contributed by atoms with van der Waals surface area (Å²) >= 11 is 0. The van der Waals surface area contributed by atoms with Crippen LogP contribution in [0.25, 0.3) is 0 Å². The Morgan fingerprint density at radius 2 is 2.14 bits per heavy atom. The molecule has 116 valence electrons. The molecule has 1 aliphatic carbocycles. The smallest absolute Gasteiger partial charge is 0.322 e. The van der Waals surface area contributed by atoms with E-state index in [-0.39, 0.29) is 18.7 Å². The molecular weight excluding hydrogens is 268 g/mol. The maximum Gasteiger partial charge on any atom is 0.322 e. The number of rotatable bonds is 7. The minimum absolute atomic E-state index is 0.0184. The zero-order valence-corrected chi connectivity index (χ0v) is 12.7. The van der Waals surface area contributed by atoms with Crippen molar-refractivity contribution in [2.75, 3.05) is 25.1 Å². The molecule has 0 radical (unpaired) electrons. The Hall–Kier alpha value is -1.75. The van der Waals surface area contributed by atoms with Crippen molar-refractivity contribution < 1.29 is 14.6 Å². The van der Waals surface area contributed by atoms with E-state index in [1.165, 1.54) is 0 Å². The van der Waals surface area contributed by atoms with Gasteiger partial charge in [-0.2, -0.15) is 0 Å². The molecule has 2 N–H and O–H groups in total. The van der Waals surface area contributed by atoms with Crippen LogP contribution in [0.5, 0.6) is 5.75 Å². The van der Waals surface area contributed by atoms with Gasteiger partial charge in [0.15, 0.2) is 0 Å². The van der Waals surface area contributed by atoms with Crippen LogP contribution in [0.15, 0.2) is 24.3 Å². The molecule has 0 unspecified atom stereocenters. The number of hydrogen-bond donors (Lipinski definition) is 2. The van der Waals surface area contributed by atoms with Gasteiger partial charge in [0.2, 0.25) is 0 Å². The van der Waals surface area contributed by atoms with Gasteiger partial charge in [-0.05, 0) is 30.9 Å². The molecule has 5 heteroatoms. The van der Waals surface area contributed by atoms with Crippen molar-refractivity contribution in [3.8, 4) is 5.75 Å². The number of nitrogens with zero attached hydrogens (tertiary/aromatic N) is 1. The lowest BCUT2D eigenvalue weighted by molar-refractivity contribution is 0.185. The van der Waals surface area contributed by atoms with Gasteiger partial charge in [-0.1, -0.05) is 26.0 Å². The predicted molar refractivity (Wildman–Crippen MR) is 82.6 cm³/mol. The first-order valence-corrected chi connectivity index (χ1v) is 7.52. The number of urea groups is 1. The minimum Gasteiger partial charge on any atom is -0.491 e. The van der Waals surface area contributed by atoms with Crippen molar-refractivity contribution in [3.63, 3.8) is 0 Å². The summed E-state index contributed by atoms with van der Waals surface area (Å²) in [4.78, 5) is 14.0. The molecule has 0 aromatic heterocycles. The number of aliphatic hydroxyl groups is 1. The van der Waals surface area contributed by atoms with Crippen molar-refractivity contribution in [2.24, 2.45) is 5.92 Å². The standard InChI is InChI=1S/C16H24N2O3/c1-12(2)11-21-15-6-4-3-5-14(15)17-16(20)18(9-10-19)13-7-8-13/h3-6,12-13,19H,7-11H2,1-2H3,(H,17,20). The summed E-state index contributed by atoms with van der Waals surface area (Å²) in [6, 6.07) is 7.53. The van der Waals surface area contributed by atoms with Crippen molar-refractivity contribution in [2.45, 2.75) is 32.7 Å². The van der Waals surface area contributed by atoms with Crippen LogP contribution in [-0.4, -0.2) is 41.8 Å². The Morgan fingerprint density at radius 3 is 2.76 bits per heavy atom. The number of para-hydroxylation sites is 2. The van der Waals surface area contributed by atoms with Gasteiger partial charge in [0, 0.05) is 12.6 Å². The fourth-order valence-corrected chi connectivity index (χ4v) is 2.08. The lowest BCUT2D eigenvalue weighted by Gasteiger charge is -2.22. The molecule has 0 heterocycles. The first kappa shape index (κ1) is 15.6. The van der Waals surface area contributed by atoms with Crippen molar-refractivity contribution in [1.82, 2.24) is 4.90 Å². The lowest BCUT2D eigenvalue weighted by atomic mass is 10.2. The fraction of sp³-hybridized carbons (Fsp3) is 0.562. The van der Waals surface area contributed by atoms with Gasteiger partial charge >= 0.3 is 6.03 Å². The highest BCUT2D eigenvalue weighted by atomic mass is 16.5. The molecule has 0 atom stereocenters. The summed E-state index contributed by atoms with van der Waals surface area (Å²) in [5.41, 5.74) is 0.673. The SMILES string of the molecule is CC(C)COc1ccccc1NC(=O)N(CCO)C1CC1. The number of hydrogen-bond acceptors (Lipinski definition) is 3. The number of nitrogens with one attached hydrogen (secondary N) is 1. The topological polar surface area (TPSA) is 61.8 Å². The zero-order valence-electron chi connectivity index (χ0n) is 12.7. The molecule has 1 aliphatic rings. The number of anilines is 1. The molecule has 2 amide bonds. The largest absolute Gasteiger partial charge is 0.491 e. The van der Waals surface area contributed by atoms with Crippen LogP contribution < -0.4 is 10.1 Å². The Bertz CT molecular complexity index is 472. The van der Waals surface area contributed by atoms with Crippen LogP contribution in [0.4, 0.5) is 10.5 Å². The van der Waals surface area contributed by atoms with Gasteiger partial charge in [0.05, 0.1) is 18.9 Å². The van der Waals surface area contributed by atoms with E-state index in [0.717, 1.165) is 12.8 Å². The van der Waals surface area contributed by atoms with Crippen molar-refractivity contribution in [1.29, 1.82) is 0 Å². The van der Waals surface area contributed by atoms with E-state index < -0.39 is 0 Å². The van der Waals surface area contributed by atoms with Gasteiger partial charge in [0.25, 0.3) is 0 Å². The molecule has 0 bridgehead atoms. The number of benzene rings is 1. The van der Waals surface area contributed by atoms with Gasteiger partial charge < -0.3 is 20.1 Å². The normalized spacial score (nSPS) is 14.1. The van der Waals surface area contributed by atoms with Crippen LogP contribution >= 0.6 is 0 Å². The molecule has 1 aromatic carbocycles. The minimum atomic E-state index is -0.174. The molecule has 2 rings (SSSR count). The molecule has 1 aromatic rings. The van der Waals surface area contributed by atoms with E-state index in [1.807, 2.05) is 24.3 Å². The number of ether oxygens (including phenoxy) is 1. The van der Waals surface area contributed by atoms with E-state index >= 15 is 0 Å². The van der Waals surface area contributed by atoms with E-state index in [4.69, 9.17) is 9.84 Å². The summed E-state index contributed by atoms with van der Waals surface area (Å²) in [6.07, 6.45) is 2.03. The molecule has 21 heavy (non-hydrogen) atoms. The monoisotopic (exact) mass is 292 g/mol. The average molecular weight is 292 g/mol. The molecule has 5 nitrogen and oxygen atoms in total.